The van der Waals surface area contributed by atoms with Crippen molar-refractivity contribution in [3.8, 4) is 0 Å². The highest BCUT2D eigenvalue weighted by Crippen LogP contribution is 2.38. The third kappa shape index (κ3) is 6.40. The minimum Gasteiger partial charge on any atom is -0.481 e. The van der Waals surface area contributed by atoms with Gasteiger partial charge in [0.05, 0.1) is 6.42 Å². The van der Waals surface area contributed by atoms with E-state index in [0.717, 1.165) is 38.5 Å². The maximum atomic E-state index is 11.0. The summed E-state index contributed by atoms with van der Waals surface area (Å²) in [6, 6.07) is 0. The molecule has 0 aromatic carbocycles. The topological polar surface area (TPSA) is 55.8 Å². The van der Waals surface area contributed by atoms with Crippen LogP contribution in [-0.2, 0) is 14.6 Å². The average molecular weight is 338 g/mol. The molecule has 24 heavy (non-hydrogen) atoms. The van der Waals surface area contributed by atoms with Crippen LogP contribution in [0.3, 0.4) is 0 Å². The van der Waals surface area contributed by atoms with Crippen molar-refractivity contribution in [2.75, 3.05) is 0 Å². The molecule has 1 aliphatic heterocycles. The highest BCUT2D eigenvalue weighted by atomic mass is 17.2. The first-order valence-corrected chi connectivity index (χ1v) is 9.40. The summed E-state index contributed by atoms with van der Waals surface area (Å²) < 4.78 is 0. The number of carboxylic acids is 1. The van der Waals surface area contributed by atoms with E-state index in [0.29, 0.717) is 5.92 Å². The lowest BCUT2D eigenvalue weighted by molar-refractivity contribution is -0.409. The summed E-state index contributed by atoms with van der Waals surface area (Å²) in [6.07, 6.45) is 14.2. The van der Waals surface area contributed by atoms with Gasteiger partial charge in [0.1, 0.15) is 11.7 Å². The van der Waals surface area contributed by atoms with Gasteiger partial charge in [0.15, 0.2) is 0 Å². The molecule has 1 rings (SSSR count). The van der Waals surface area contributed by atoms with E-state index in [-0.39, 0.29) is 18.4 Å². The molecule has 0 aromatic heterocycles. The minimum atomic E-state index is -0.838. The summed E-state index contributed by atoms with van der Waals surface area (Å²) >= 11 is 0. The molecule has 1 heterocycles. The summed E-state index contributed by atoms with van der Waals surface area (Å²) in [5.74, 6) is -0.0714. The third-order valence-corrected chi connectivity index (χ3v) is 5.00. The zero-order valence-corrected chi connectivity index (χ0v) is 15.7. The Hall–Kier alpha value is -1.13. The van der Waals surface area contributed by atoms with Gasteiger partial charge in [-0.15, -0.1) is 0 Å². The minimum absolute atomic E-state index is 0.00172. The van der Waals surface area contributed by atoms with Gasteiger partial charge in [-0.3, -0.25) is 4.79 Å². The van der Waals surface area contributed by atoms with Gasteiger partial charge in [0.25, 0.3) is 0 Å². The van der Waals surface area contributed by atoms with Crippen molar-refractivity contribution in [3.05, 3.63) is 24.3 Å². The van der Waals surface area contributed by atoms with Crippen LogP contribution in [0.5, 0.6) is 0 Å². The largest absolute Gasteiger partial charge is 0.481 e. The van der Waals surface area contributed by atoms with Crippen molar-refractivity contribution in [2.24, 2.45) is 11.8 Å². The van der Waals surface area contributed by atoms with Crippen molar-refractivity contribution in [2.45, 2.75) is 84.3 Å². The van der Waals surface area contributed by atoms with Crippen LogP contribution in [0, 0.1) is 11.8 Å². The molecule has 1 N–H and O–H groups in total. The van der Waals surface area contributed by atoms with Crippen LogP contribution in [-0.4, -0.2) is 22.8 Å². The van der Waals surface area contributed by atoms with E-state index in [4.69, 9.17) is 14.9 Å². The molecular formula is C20H34O4. The predicted octanol–water partition coefficient (Wildman–Crippen LogP) is 5.30. The van der Waals surface area contributed by atoms with Gasteiger partial charge in [-0.25, -0.2) is 9.78 Å². The molecule has 0 aromatic rings. The highest BCUT2D eigenvalue weighted by molar-refractivity contribution is 5.67. The Bertz CT molecular complexity index is 429. The number of hydrogen-bond acceptors (Lipinski definition) is 3. The van der Waals surface area contributed by atoms with Gasteiger partial charge in [-0.2, -0.15) is 0 Å². The highest BCUT2D eigenvalue weighted by Gasteiger charge is 2.41. The van der Waals surface area contributed by atoms with Crippen molar-refractivity contribution in [3.63, 3.8) is 0 Å². The Morgan fingerprint density at radius 1 is 1.29 bits per heavy atom. The molecule has 4 nitrogen and oxygen atoms in total. The number of carboxylic acid groups (broad SMARTS) is 1. The molecule has 0 amide bonds. The molecule has 0 aliphatic carbocycles. The van der Waals surface area contributed by atoms with Gasteiger partial charge >= 0.3 is 5.97 Å². The van der Waals surface area contributed by atoms with E-state index in [9.17, 15) is 4.79 Å². The van der Waals surface area contributed by atoms with Crippen molar-refractivity contribution in [1.82, 2.24) is 0 Å². The van der Waals surface area contributed by atoms with E-state index < -0.39 is 11.6 Å². The zero-order chi connectivity index (χ0) is 18.0. The first kappa shape index (κ1) is 20.9. The smallest absolute Gasteiger partial charge is 0.306 e. The molecule has 0 radical (unpaired) electrons. The Balaban J connectivity index is 2.71. The van der Waals surface area contributed by atoms with Gasteiger partial charge in [0, 0.05) is 0 Å². The molecule has 0 saturated carbocycles. The Morgan fingerprint density at radius 3 is 2.58 bits per heavy atom. The SMILES string of the molecule is CC/C=C/C(CC)C/C=C/[C@]1(CC)C[C@@H](CC)[C@H](CC(=O)O)OO1. The quantitative estimate of drug-likeness (QED) is 0.434. The second-order valence-electron chi connectivity index (χ2n) is 6.75. The Morgan fingerprint density at radius 2 is 2.04 bits per heavy atom. The number of allylic oxidation sites excluding steroid dienone is 3. The molecule has 0 bridgehead atoms. The van der Waals surface area contributed by atoms with Crippen molar-refractivity contribution >= 4 is 5.97 Å². The summed E-state index contributed by atoms with van der Waals surface area (Å²) in [5.41, 5.74) is -0.428. The fraction of sp³-hybridized carbons (Fsp3) is 0.750. The van der Waals surface area contributed by atoms with E-state index in [1.807, 2.05) is 0 Å². The molecule has 1 fully saturated rings. The lowest BCUT2D eigenvalue weighted by atomic mass is 9.81. The molecule has 1 unspecified atom stereocenters. The van der Waals surface area contributed by atoms with E-state index in [1.54, 1.807) is 0 Å². The summed E-state index contributed by atoms with van der Waals surface area (Å²) in [7, 11) is 0. The fourth-order valence-electron chi connectivity index (χ4n) is 3.21. The number of rotatable bonds is 10. The second kappa shape index (κ2) is 10.7. The zero-order valence-electron chi connectivity index (χ0n) is 15.7. The number of carbonyl (C=O) groups is 1. The van der Waals surface area contributed by atoms with E-state index >= 15 is 0 Å². The lowest BCUT2D eigenvalue weighted by Gasteiger charge is -2.40. The van der Waals surface area contributed by atoms with Crippen molar-refractivity contribution < 1.29 is 19.7 Å². The van der Waals surface area contributed by atoms with Crippen LogP contribution >= 0.6 is 0 Å². The molecule has 1 saturated heterocycles. The summed E-state index contributed by atoms with van der Waals surface area (Å²) in [6.45, 7) is 8.53. The van der Waals surface area contributed by atoms with E-state index in [1.165, 1.54) is 0 Å². The van der Waals surface area contributed by atoms with Crippen LogP contribution in [0.25, 0.3) is 0 Å². The Kier molecular flexibility index (Phi) is 9.30. The third-order valence-electron chi connectivity index (χ3n) is 5.00. The predicted molar refractivity (Wildman–Crippen MR) is 96.6 cm³/mol. The van der Waals surface area contributed by atoms with Crippen LogP contribution < -0.4 is 0 Å². The number of aliphatic carboxylic acids is 1. The van der Waals surface area contributed by atoms with Crippen LogP contribution in [0.1, 0.15) is 72.6 Å². The van der Waals surface area contributed by atoms with Crippen LogP contribution in [0.4, 0.5) is 0 Å². The summed E-state index contributed by atoms with van der Waals surface area (Å²) in [4.78, 5) is 22.2. The van der Waals surface area contributed by atoms with Gasteiger partial charge < -0.3 is 5.11 Å². The molecule has 4 heteroatoms. The number of hydrogen-bond donors (Lipinski definition) is 1. The van der Waals surface area contributed by atoms with Crippen LogP contribution in [0.15, 0.2) is 24.3 Å². The first-order valence-electron chi connectivity index (χ1n) is 9.40. The van der Waals surface area contributed by atoms with Gasteiger partial charge in [-0.05, 0) is 43.9 Å². The fourth-order valence-corrected chi connectivity index (χ4v) is 3.21. The first-order chi connectivity index (χ1) is 11.5. The maximum Gasteiger partial charge on any atom is 0.306 e. The van der Waals surface area contributed by atoms with Crippen molar-refractivity contribution in [1.29, 1.82) is 0 Å². The average Bonchev–Trinajstić information content (AvgIpc) is 2.58. The molecule has 138 valence electrons. The molecule has 4 atom stereocenters. The second-order valence-corrected chi connectivity index (χ2v) is 6.75. The molecule has 0 spiro atoms. The van der Waals surface area contributed by atoms with Gasteiger partial charge in [0.2, 0.25) is 0 Å². The standard InChI is InChI=1S/C20H34O4/c1-5-9-11-16(6-2)12-10-13-20(8-4)15-17(7-3)18(23-24-20)14-19(21)22/h9-11,13,16-18H,5-8,12,14-15H2,1-4H3,(H,21,22)/b11-9+,13-10+/t16?,17-,18+,20-/m1/s1. The summed E-state index contributed by atoms with van der Waals surface area (Å²) in [5, 5.41) is 9.01. The van der Waals surface area contributed by atoms with Crippen LogP contribution in [0.2, 0.25) is 0 Å². The lowest BCUT2D eigenvalue weighted by Crippen LogP contribution is -2.44. The maximum absolute atomic E-state index is 11.0. The molecular weight excluding hydrogens is 304 g/mol. The normalized spacial score (nSPS) is 29.3. The van der Waals surface area contributed by atoms with Gasteiger partial charge in [-0.1, -0.05) is 58.4 Å². The monoisotopic (exact) mass is 338 g/mol. The Labute approximate surface area is 146 Å². The molecule has 1 aliphatic rings. The van der Waals surface area contributed by atoms with E-state index in [2.05, 4.69) is 52.0 Å².